The molecular weight excluding hydrogens is 420 g/mol. The van der Waals surface area contributed by atoms with E-state index in [9.17, 15) is 9.90 Å². The second-order valence-electron chi connectivity index (χ2n) is 7.78. The predicted molar refractivity (Wildman–Crippen MR) is 125 cm³/mol. The number of nitrogens with zero attached hydrogens (tertiary/aromatic N) is 5. The Labute approximate surface area is 191 Å². The lowest BCUT2D eigenvalue weighted by Gasteiger charge is -2.17. The number of nitrogens with one attached hydrogen (secondary N) is 3. The summed E-state index contributed by atoms with van der Waals surface area (Å²) in [6.07, 6.45) is 10.5. The molecule has 0 radical (unpaired) electrons. The van der Waals surface area contributed by atoms with Gasteiger partial charge in [0.2, 0.25) is 0 Å². The summed E-state index contributed by atoms with van der Waals surface area (Å²) in [4.78, 5) is 34.0. The zero-order valence-electron chi connectivity index (χ0n) is 19.0. The average molecular weight is 449 g/mol. The maximum atomic E-state index is 12.2. The maximum Gasteiger partial charge on any atom is 0.254 e. The molecule has 3 aromatic heterocycles. The molecule has 0 aliphatic carbocycles. The normalized spacial score (nSPS) is 17.2. The van der Waals surface area contributed by atoms with Crippen molar-refractivity contribution in [2.24, 2.45) is 5.10 Å². The Bertz CT molecular complexity index is 1270. The summed E-state index contributed by atoms with van der Waals surface area (Å²) in [6, 6.07) is 0. The monoisotopic (exact) mass is 448 g/mol. The van der Waals surface area contributed by atoms with Crippen molar-refractivity contribution in [3.63, 3.8) is 0 Å². The first kappa shape index (κ1) is 22.4. The van der Waals surface area contributed by atoms with Crippen LogP contribution < -0.4 is 16.0 Å². The Hall–Kier alpha value is -3.79. The molecule has 4 rings (SSSR count). The average Bonchev–Trinajstić information content (AvgIpc) is 3.56. The van der Waals surface area contributed by atoms with Crippen LogP contribution in [0.25, 0.3) is 11.8 Å². The molecule has 1 aliphatic heterocycles. The van der Waals surface area contributed by atoms with Crippen molar-refractivity contribution in [3.8, 4) is 0 Å². The molecule has 0 aromatic carbocycles. The highest BCUT2D eigenvalue weighted by Gasteiger charge is 2.26. The summed E-state index contributed by atoms with van der Waals surface area (Å²) in [6.45, 7) is 9.03. The Morgan fingerprint density at radius 3 is 2.64 bits per heavy atom. The number of amides is 1. The molecule has 4 heterocycles. The van der Waals surface area contributed by atoms with Crippen LogP contribution in [0.15, 0.2) is 29.9 Å². The van der Waals surface area contributed by atoms with Crippen LogP contribution in [0.5, 0.6) is 0 Å². The highest BCUT2D eigenvalue weighted by molar-refractivity contribution is 6.02. The van der Waals surface area contributed by atoms with Crippen molar-refractivity contribution in [2.75, 3.05) is 19.6 Å². The number of hydrogen-bond acceptors (Lipinski definition) is 7. The van der Waals surface area contributed by atoms with Crippen LogP contribution in [0.4, 0.5) is 0 Å². The van der Waals surface area contributed by atoms with Gasteiger partial charge in [0, 0.05) is 48.5 Å². The van der Waals surface area contributed by atoms with E-state index < -0.39 is 5.92 Å². The molecule has 1 atom stereocenters. The van der Waals surface area contributed by atoms with E-state index in [4.69, 9.17) is 0 Å². The van der Waals surface area contributed by atoms with Crippen LogP contribution >= 0.6 is 0 Å². The van der Waals surface area contributed by atoms with Gasteiger partial charge in [-0.25, -0.2) is 10.4 Å². The molecule has 0 fully saturated rings. The predicted octanol–water partition coefficient (Wildman–Crippen LogP) is 0.463. The summed E-state index contributed by atoms with van der Waals surface area (Å²) < 4.78 is 0. The van der Waals surface area contributed by atoms with Gasteiger partial charge in [0.25, 0.3) is 5.91 Å². The van der Waals surface area contributed by atoms with Gasteiger partial charge in [0.05, 0.1) is 16.7 Å². The van der Waals surface area contributed by atoms with Gasteiger partial charge in [-0.3, -0.25) is 14.8 Å². The molecule has 0 bridgehead atoms. The second kappa shape index (κ2) is 9.78. The zero-order valence-corrected chi connectivity index (χ0v) is 19.0. The molecule has 3 aromatic rings. The minimum absolute atomic E-state index is 0.0516. The number of likely N-dealkylation sites (N-methyl/N-ethyl adjacent to an activating group) is 1. The molecular formula is C23H28N8O2. The Morgan fingerprint density at radius 1 is 1.18 bits per heavy atom. The first-order valence-electron chi connectivity index (χ1n) is 11.0. The van der Waals surface area contributed by atoms with Crippen molar-refractivity contribution in [2.45, 2.75) is 33.1 Å². The van der Waals surface area contributed by atoms with Gasteiger partial charge in [0.15, 0.2) is 11.6 Å². The molecule has 0 saturated carbocycles. The number of aryl methyl sites for hydroxylation is 1. The van der Waals surface area contributed by atoms with Crippen molar-refractivity contribution in [1.29, 1.82) is 0 Å². The zero-order chi connectivity index (χ0) is 23.4. The maximum absolute atomic E-state index is 12.2. The highest BCUT2D eigenvalue weighted by Crippen LogP contribution is 2.18. The van der Waals surface area contributed by atoms with E-state index >= 15 is 0 Å². The number of aromatic amines is 2. The molecule has 4 N–H and O–H groups in total. The Morgan fingerprint density at radius 2 is 1.97 bits per heavy atom. The lowest BCUT2D eigenvalue weighted by atomic mass is 10.0. The van der Waals surface area contributed by atoms with Crippen molar-refractivity contribution >= 4 is 24.0 Å². The molecule has 10 nitrogen and oxygen atoms in total. The number of H-pyrrole nitrogens is 2. The number of aliphatic hydroxyl groups is 1. The van der Waals surface area contributed by atoms with Crippen LogP contribution in [0.3, 0.4) is 0 Å². The van der Waals surface area contributed by atoms with Crippen molar-refractivity contribution in [1.82, 2.24) is 35.2 Å². The second-order valence-corrected chi connectivity index (χ2v) is 7.78. The quantitative estimate of drug-likeness (QED) is 0.395. The molecule has 1 unspecified atom stereocenters. The number of carbonyl (C=O) groups is 1. The minimum atomic E-state index is -0.616. The summed E-state index contributed by atoms with van der Waals surface area (Å²) in [7, 11) is 0. The largest absolute Gasteiger partial charge is 0.504 e. The smallest absolute Gasteiger partial charge is 0.254 e. The van der Waals surface area contributed by atoms with E-state index in [1.165, 1.54) is 6.21 Å². The molecule has 0 saturated heterocycles. The van der Waals surface area contributed by atoms with Gasteiger partial charge in [-0.05, 0) is 38.1 Å². The number of aromatic nitrogens is 5. The lowest BCUT2D eigenvalue weighted by molar-refractivity contribution is -0.120. The Balaban J connectivity index is 1.89. The summed E-state index contributed by atoms with van der Waals surface area (Å²) >= 11 is 0. The highest BCUT2D eigenvalue weighted by atomic mass is 16.3. The van der Waals surface area contributed by atoms with Gasteiger partial charge in [-0.2, -0.15) is 5.10 Å². The third kappa shape index (κ3) is 4.56. The SMILES string of the molecule is CCN(CC)CCc1c(C)[nH]c(=Cc2nccnc2C2C=NNC2=O)c1=C(O)c1ncc[nH]1. The van der Waals surface area contributed by atoms with Crippen LogP contribution in [0.2, 0.25) is 0 Å². The van der Waals surface area contributed by atoms with Crippen molar-refractivity contribution < 1.29 is 9.90 Å². The van der Waals surface area contributed by atoms with E-state index in [1.807, 2.05) is 13.0 Å². The number of carbonyl (C=O) groups excluding carboxylic acids is 1. The number of hydrazone groups is 1. The van der Waals surface area contributed by atoms with E-state index in [0.29, 0.717) is 27.8 Å². The van der Waals surface area contributed by atoms with Crippen LogP contribution in [-0.4, -0.2) is 66.7 Å². The number of rotatable bonds is 8. The summed E-state index contributed by atoms with van der Waals surface area (Å²) in [5, 5.41) is 16.4. The van der Waals surface area contributed by atoms with Crippen molar-refractivity contribution in [3.05, 3.63) is 63.8 Å². The minimum Gasteiger partial charge on any atom is -0.504 e. The summed E-state index contributed by atoms with van der Waals surface area (Å²) in [5.74, 6) is -0.433. The topological polar surface area (TPSA) is 135 Å². The van der Waals surface area contributed by atoms with Gasteiger partial charge in [-0.1, -0.05) is 13.8 Å². The number of hydrogen-bond donors (Lipinski definition) is 4. The molecule has 1 aliphatic rings. The van der Waals surface area contributed by atoms with Crippen LogP contribution in [-0.2, 0) is 11.2 Å². The van der Waals surface area contributed by atoms with E-state index in [-0.39, 0.29) is 11.7 Å². The molecule has 33 heavy (non-hydrogen) atoms. The van der Waals surface area contributed by atoms with Crippen LogP contribution in [0.1, 0.15) is 48.2 Å². The first-order valence-corrected chi connectivity index (χ1v) is 11.0. The molecule has 0 spiro atoms. The molecule has 1 amide bonds. The first-order chi connectivity index (χ1) is 16.0. The van der Waals surface area contributed by atoms with Gasteiger partial charge >= 0.3 is 0 Å². The van der Waals surface area contributed by atoms with E-state index in [0.717, 1.165) is 37.3 Å². The Kier molecular flexibility index (Phi) is 6.64. The fourth-order valence-electron chi connectivity index (χ4n) is 4.06. The third-order valence-electron chi connectivity index (χ3n) is 5.89. The standard InChI is InChI=1S/C23H28N8O2/c1-4-31(5-2)11-6-15-14(3)29-17(19(15)21(32)22-26-9-10-27-22)12-18-20(25-8-7-24-18)16-13-28-30-23(16)33/h7-10,12-13,16,29,32H,4-6,11H2,1-3H3,(H,26,27)(H,30,33). The van der Waals surface area contributed by atoms with E-state index in [1.54, 1.807) is 24.8 Å². The molecule has 172 valence electrons. The van der Waals surface area contributed by atoms with E-state index in [2.05, 4.69) is 54.2 Å². The van der Waals surface area contributed by atoms with Gasteiger partial charge in [-0.15, -0.1) is 0 Å². The van der Waals surface area contributed by atoms with Gasteiger partial charge in [0.1, 0.15) is 5.92 Å². The molecule has 10 heteroatoms. The number of aliphatic hydroxyl groups excluding tert-OH is 1. The third-order valence-corrected chi connectivity index (χ3v) is 5.89. The van der Waals surface area contributed by atoms with Gasteiger partial charge < -0.3 is 20.0 Å². The lowest BCUT2D eigenvalue weighted by Crippen LogP contribution is -2.32. The summed E-state index contributed by atoms with van der Waals surface area (Å²) in [5.41, 5.74) is 5.42. The number of imidazole rings is 1. The fourth-order valence-corrected chi connectivity index (χ4v) is 4.06. The fraction of sp³-hybridized carbons (Fsp3) is 0.348. The van der Waals surface area contributed by atoms with Crippen LogP contribution in [0, 0.1) is 6.92 Å².